The van der Waals surface area contributed by atoms with Crippen LogP contribution in [0.3, 0.4) is 0 Å². The molecule has 0 aromatic carbocycles. The van der Waals surface area contributed by atoms with E-state index < -0.39 is 5.54 Å². The Morgan fingerprint density at radius 1 is 1.15 bits per heavy atom. The highest BCUT2D eigenvalue weighted by atomic mass is 35.5. The molecule has 0 unspecified atom stereocenters. The standard InChI is InChI=1S/C19H32N4OS.2ClH/c1-18(2,3)16-21-15(14-25-16)13-22-9-11-23(12-10-22)17(24)19(20)7-5-4-6-8-19;;/h14H,4-13,20H2,1-3H3;2*1H. The van der Waals surface area contributed by atoms with Gasteiger partial charge in [0.05, 0.1) is 16.2 Å². The molecule has 156 valence electrons. The van der Waals surface area contributed by atoms with Gasteiger partial charge in [0.1, 0.15) is 0 Å². The Morgan fingerprint density at radius 2 is 1.74 bits per heavy atom. The molecule has 3 rings (SSSR count). The van der Waals surface area contributed by atoms with Crippen LogP contribution in [-0.4, -0.2) is 52.4 Å². The molecule has 2 fully saturated rings. The normalized spacial score (nSPS) is 20.5. The average molecular weight is 437 g/mol. The van der Waals surface area contributed by atoms with Gasteiger partial charge in [0, 0.05) is 43.5 Å². The third-order valence-corrected chi connectivity index (χ3v) is 6.73. The number of halogens is 2. The summed E-state index contributed by atoms with van der Waals surface area (Å²) < 4.78 is 0. The van der Waals surface area contributed by atoms with E-state index >= 15 is 0 Å². The van der Waals surface area contributed by atoms with Crippen LogP contribution in [0.4, 0.5) is 0 Å². The van der Waals surface area contributed by atoms with E-state index in [2.05, 4.69) is 31.1 Å². The lowest BCUT2D eigenvalue weighted by Crippen LogP contribution is -2.60. The van der Waals surface area contributed by atoms with E-state index in [0.29, 0.717) is 0 Å². The van der Waals surface area contributed by atoms with Gasteiger partial charge in [-0.3, -0.25) is 9.69 Å². The number of nitrogens with zero attached hydrogens (tertiary/aromatic N) is 3. The zero-order valence-electron chi connectivity index (χ0n) is 16.7. The van der Waals surface area contributed by atoms with Crippen molar-refractivity contribution in [2.24, 2.45) is 5.73 Å². The summed E-state index contributed by atoms with van der Waals surface area (Å²) in [7, 11) is 0. The smallest absolute Gasteiger partial charge is 0.242 e. The van der Waals surface area contributed by atoms with Gasteiger partial charge >= 0.3 is 0 Å². The van der Waals surface area contributed by atoms with Gasteiger partial charge in [-0.25, -0.2) is 4.98 Å². The zero-order chi connectivity index (χ0) is 18.1. The number of carbonyl (C=O) groups excluding carboxylic acids is 1. The van der Waals surface area contributed by atoms with Crippen LogP contribution in [-0.2, 0) is 16.8 Å². The van der Waals surface area contributed by atoms with E-state index in [1.165, 1.54) is 11.4 Å². The lowest BCUT2D eigenvalue weighted by Gasteiger charge is -2.41. The lowest BCUT2D eigenvalue weighted by atomic mass is 9.81. The first-order chi connectivity index (χ1) is 11.8. The van der Waals surface area contributed by atoms with Crippen LogP contribution in [0, 0.1) is 0 Å². The predicted octanol–water partition coefficient (Wildman–Crippen LogP) is 3.59. The fourth-order valence-electron chi connectivity index (χ4n) is 3.77. The first-order valence-corrected chi connectivity index (χ1v) is 10.4. The molecule has 27 heavy (non-hydrogen) atoms. The third kappa shape index (κ3) is 6.04. The Balaban J connectivity index is 0.00000182. The second-order valence-corrected chi connectivity index (χ2v) is 9.54. The van der Waals surface area contributed by atoms with E-state index in [0.717, 1.165) is 64.1 Å². The summed E-state index contributed by atoms with van der Waals surface area (Å²) in [6.45, 7) is 10.9. The number of piperazine rings is 1. The Labute approximate surface area is 179 Å². The van der Waals surface area contributed by atoms with E-state index in [-0.39, 0.29) is 36.1 Å². The number of thiazole rings is 1. The first-order valence-electron chi connectivity index (χ1n) is 9.53. The fourth-order valence-corrected chi connectivity index (χ4v) is 4.67. The quantitative estimate of drug-likeness (QED) is 0.785. The summed E-state index contributed by atoms with van der Waals surface area (Å²) >= 11 is 1.75. The van der Waals surface area contributed by atoms with E-state index in [1.54, 1.807) is 11.3 Å². The van der Waals surface area contributed by atoms with Crippen molar-refractivity contribution in [1.82, 2.24) is 14.8 Å². The van der Waals surface area contributed by atoms with E-state index in [1.807, 2.05) is 4.90 Å². The fraction of sp³-hybridized carbons (Fsp3) is 0.789. The number of aromatic nitrogens is 1. The number of rotatable bonds is 3. The summed E-state index contributed by atoms with van der Waals surface area (Å²) in [4.78, 5) is 22.0. The number of nitrogens with two attached hydrogens (primary N) is 1. The van der Waals surface area contributed by atoms with E-state index in [4.69, 9.17) is 10.7 Å². The monoisotopic (exact) mass is 436 g/mol. The summed E-state index contributed by atoms with van der Waals surface area (Å²) in [5.41, 5.74) is 7.09. The topological polar surface area (TPSA) is 62.5 Å². The van der Waals surface area contributed by atoms with Crippen LogP contribution in [0.5, 0.6) is 0 Å². The maximum atomic E-state index is 12.8. The van der Waals surface area contributed by atoms with Crippen molar-refractivity contribution in [2.75, 3.05) is 26.2 Å². The van der Waals surface area contributed by atoms with Gasteiger partial charge < -0.3 is 10.6 Å². The molecule has 1 aliphatic carbocycles. The maximum Gasteiger partial charge on any atom is 0.242 e. The molecule has 2 heterocycles. The minimum absolute atomic E-state index is 0. The highest BCUT2D eigenvalue weighted by Gasteiger charge is 2.39. The Hall–Kier alpha value is -0.400. The van der Waals surface area contributed by atoms with Gasteiger partial charge in [0.15, 0.2) is 0 Å². The minimum atomic E-state index is -0.600. The number of hydrogen-bond donors (Lipinski definition) is 1. The van der Waals surface area contributed by atoms with Crippen molar-refractivity contribution < 1.29 is 4.79 Å². The summed E-state index contributed by atoms with van der Waals surface area (Å²) in [6.07, 6.45) is 5.08. The maximum absolute atomic E-state index is 12.8. The lowest BCUT2D eigenvalue weighted by molar-refractivity contribution is -0.140. The van der Waals surface area contributed by atoms with Gasteiger partial charge in [-0.1, -0.05) is 40.0 Å². The molecule has 0 radical (unpaired) electrons. The summed E-state index contributed by atoms with van der Waals surface area (Å²) in [5.74, 6) is 0.176. The Bertz CT molecular complexity index is 603. The average Bonchev–Trinajstić information content (AvgIpc) is 3.04. The molecule has 0 atom stereocenters. The van der Waals surface area contributed by atoms with Crippen molar-refractivity contribution in [2.45, 2.75) is 70.4 Å². The molecule has 8 heteroatoms. The second-order valence-electron chi connectivity index (χ2n) is 8.68. The molecular weight excluding hydrogens is 403 g/mol. The van der Waals surface area contributed by atoms with Gasteiger partial charge in [0.25, 0.3) is 0 Å². The Morgan fingerprint density at radius 3 is 2.26 bits per heavy atom. The van der Waals surface area contributed by atoms with Crippen LogP contribution in [0.2, 0.25) is 0 Å². The van der Waals surface area contributed by atoms with Crippen molar-refractivity contribution in [3.05, 3.63) is 16.1 Å². The van der Waals surface area contributed by atoms with Crippen molar-refractivity contribution in [1.29, 1.82) is 0 Å². The van der Waals surface area contributed by atoms with Gasteiger partial charge in [0.2, 0.25) is 5.91 Å². The van der Waals surface area contributed by atoms with Crippen molar-refractivity contribution >= 4 is 42.1 Å². The van der Waals surface area contributed by atoms with Crippen LogP contribution >= 0.6 is 36.2 Å². The highest BCUT2D eigenvalue weighted by Crippen LogP contribution is 2.29. The van der Waals surface area contributed by atoms with Crippen LogP contribution in [0.1, 0.15) is 63.6 Å². The minimum Gasteiger partial charge on any atom is -0.339 e. The molecular formula is C19H34Cl2N4OS. The molecule has 2 aliphatic rings. The Kier molecular flexibility index (Phi) is 9.01. The van der Waals surface area contributed by atoms with Crippen molar-refractivity contribution in [3.63, 3.8) is 0 Å². The first kappa shape index (κ1) is 24.6. The molecule has 1 aliphatic heterocycles. The summed E-state index contributed by atoms with van der Waals surface area (Å²) in [6, 6.07) is 0. The van der Waals surface area contributed by atoms with Gasteiger partial charge in [-0.15, -0.1) is 36.2 Å². The highest BCUT2D eigenvalue weighted by molar-refractivity contribution is 7.09. The third-order valence-electron chi connectivity index (χ3n) is 5.41. The predicted molar refractivity (Wildman–Crippen MR) is 117 cm³/mol. The molecule has 1 aromatic heterocycles. The molecule has 1 saturated carbocycles. The van der Waals surface area contributed by atoms with Gasteiger partial charge in [-0.05, 0) is 12.8 Å². The van der Waals surface area contributed by atoms with E-state index in [9.17, 15) is 4.79 Å². The molecule has 1 saturated heterocycles. The second kappa shape index (κ2) is 9.88. The number of amides is 1. The van der Waals surface area contributed by atoms with Crippen LogP contribution in [0.25, 0.3) is 0 Å². The molecule has 5 nitrogen and oxygen atoms in total. The largest absolute Gasteiger partial charge is 0.339 e. The number of hydrogen-bond acceptors (Lipinski definition) is 5. The molecule has 0 spiro atoms. The van der Waals surface area contributed by atoms with Crippen LogP contribution in [0.15, 0.2) is 5.38 Å². The molecule has 0 bridgehead atoms. The SMILES string of the molecule is CC(C)(C)c1nc(CN2CCN(C(=O)C3(N)CCCCC3)CC2)cs1.Cl.Cl. The van der Waals surface area contributed by atoms with Crippen molar-refractivity contribution in [3.8, 4) is 0 Å². The van der Waals surface area contributed by atoms with Gasteiger partial charge in [-0.2, -0.15) is 0 Å². The molecule has 1 amide bonds. The number of carbonyl (C=O) groups is 1. The summed E-state index contributed by atoms with van der Waals surface area (Å²) in [5, 5.41) is 3.37. The van der Waals surface area contributed by atoms with Crippen LogP contribution < -0.4 is 5.73 Å². The molecule has 2 N–H and O–H groups in total. The molecule has 1 aromatic rings. The zero-order valence-corrected chi connectivity index (χ0v) is 19.1.